The Morgan fingerprint density at radius 2 is 2.40 bits per heavy atom. The van der Waals surface area contributed by atoms with Crippen LogP contribution in [0.25, 0.3) is 0 Å². The number of nitrogens with one attached hydrogen (secondary N) is 1. The van der Waals surface area contributed by atoms with E-state index in [0.717, 1.165) is 12.8 Å². The highest BCUT2D eigenvalue weighted by atomic mass is 16.3. The van der Waals surface area contributed by atoms with Crippen LogP contribution in [0.3, 0.4) is 0 Å². The lowest BCUT2D eigenvalue weighted by atomic mass is 9.96. The van der Waals surface area contributed by atoms with Gasteiger partial charge in [-0.25, -0.2) is 0 Å². The number of carbonyl (C=O) groups excluding carboxylic acids is 1. The van der Waals surface area contributed by atoms with E-state index in [9.17, 15) is 4.79 Å². The summed E-state index contributed by atoms with van der Waals surface area (Å²) < 4.78 is 0. The van der Waals surface area contributed by atoms with Crippen molar-refractivity contribution in [3.05, 3.63) is 0 Å². The Balaban J connectivity index is 2.41. The van der Waals surface area contributed by atoms with Crippen molar-refractivity contribution in [2.45, 2.75) is 25.8 Å². The molecule has 1 saturated heterocycles. The average molecular weight is 143 g/mol. The molecule has 1 amide bonds. The Kier molecular flexibility index (Phi) is 2.27. The highest BCUT2D eigenvalue weighted by molar-refractivity contribution is 5.79. The lowest BCUT2D eigenvalue weighted by Gasteiger charge is -2.25. The molecule has 3 heteroatoms. The van der Waals surface area contributed by atoms with Gasteiger partial charge >= 0.3 is 0 Å². The summed E-state index contributed by atoms with van der Waals surface area (Å²) in [6, 6.07) is 0.00343. The van der Waals surface area contributed by atoms with Crippen LogP contribution in [-0.4, -0.2) is 23.7 Å². The molecule has 1 aliphatic heterocycles. The first-order valence-electron chi connectivity index (χ1n) is 3.65. The van der Waals surface area contributed by atoms with Gasteiger partial charge in [-0.15, -0.1) is 0 Å². The van der Waals surface area contributed by atoms with Gasteiger partial charge in [0.15, 0.2) is 0 Å². The third-order valence-corrected chi connectivity index (χ3v) is 1.96. The van der Waals surface area contributed by atoms with Crippen molar-refractivity contribution in [3.63, 3.8) is 0 Å². The Hall–Kier alpha value is -0.570. The molecule has 0 spiro atoms. The van der Waals surface area contributed by atoms with Gasteiger partial charge in [-0.1, -0.05) is 6.92 Å². The molecule has 2 N–H and O–H groups in total. The highest BCUT2D eigenvalue weighted by Gasteiger charge is 2.23. The topological polar surface area (TPSA) is 49.3 Å². The van der Waals surface area contributed by atoms with E-state index in [0.29, 0.717) is 0 Å². The first-order valence-corrected chi connectivity index (χ1v) is 3.65. The minimum absolute atomic E-state index is 0.00343. The zero-order chi connectivity index (χ0) is 7.56. The van der Waals surface area contributed by atoms with Crippen LogP contribution in [0.15, 0.2) is 0 Å². The van der Waals surface area contributed by atoms with Gasteiger partial charge in [-0.3, -0.25) is 4.79 Å². The summed E-state index contributed by atoms with van der Waals surface area (Å²) in [5.41, 5.74) is 0. The van der Waals surface area contributed by atoms with Gasteiger partial charge in [0.05, 0.1) is 12.6 Å². The van der Waals surface area contributed by atoms with Crippen LogP contribution in [0.5, 0.6) is 0 Å². The van der Waals surface area contributed by atoms with Gasteiger partial charge in [0.1, 0.15) is 0 Å². The third kappa shape index (κ3) is 1.48. The SMILES string of the molecule is CC1CCC(CO)NC1=O. The quantitative estimate of drug-likeness (QED) is 0.538. The minimum Gasteiger partial charge on any atom is -0.394 e. The molecule has 0 saturated carbocycles. The molecular formula is C7H13NO2. The molecular weight excluding hydrogens is 130 g/mol. The molecule has 1 fully saturated rings. The van der Waals surface area contributed by atoms with E-state index in [1.54, 1.807) is 0 Å². The predicted octanol–water partition coefficient (Wildman–Crippen LogP) is -0.107. The number of hydrogen-bond acceptors (Lipinski definition) is 2. The first kappa shape index (κ1) is 7.54. The second kappa shape index (κ2) is 3.01. The maximum absolute atomic E-state index is 10.9. The molecule has 0 aromatic carbocycles. The molecule has 58 valence electrons. The summed E-state index contributed by atoms with van der Waals surface area (Å²) in [7, 11) is 0. The molecule has 0 aliphatic carbocycles. The summed E-state index contributed by atoms with van der Waals surface area (Å²) in [6.07, 6.45) is 1.81. The Morgan fingerprint density at radius 3 is 2.90 bits per heavy atom. The van der Waals surface area contributed by atoms with Gasteiger partial charge in [0, 0.05) is 5.92 Å². The molecule has 0 bridgehead atoms. The van der Waals surface area contributed by atoms with Crippen molar-refractivity contribution in [1.82, 2.24) is 5.32 Å². The van der Waals surface area contributed by atoms with Crippen LogP contribution in [0.1, 0.15) is 19.8 Å². The lowest BCUT2D eigenvalue weighted by Crippen LogP contribution is -2.44. The number of piperidine rings is 1. The third-order valence-electron chi connectivity index (χ3n) is 1.96. The van der Waals surface area contributed by atoms with Crippen molar-refractivity contribution in [3.8, 4) is 0 Å². The van der Waals surface area contributed by atoms with Crippen molar-refractivity contribution >= 4 is 5.91 Å². The standard InChI is InChI=1S/C7H13NO2/c1-5-2-3-6(4-9)8-7(5)10/h5-6,9H,2-4H2,1H3,(H,8,10). The molecule has 0 radical (unpaired) electrons. The molecule has 10 heavy (non-hydrogen) atoms. The molecule has 1 aliphatic rings. The largest absolute Gasteiger partial charge is 0.394 e. The molecule has 0 aromatic heterocycles. The van der Waals surface area contributed by atoms with Gasteiger partial charge in [0.2, 0.25) is 5.91 Å². The fourth-order valence-corrected chi connectivity index (χ4v) is 1.13. The van der Waals surface area contributed by atoms with Crippen molar-refractivity contribution in [2.75, 3.05) is 6.61 Å². The Morgan fingerprint density at radius 1 is 1.70 bits per heavy atom. The summed E-state index contributed by atoms with van der Waals surface area (Å²) >= 11 is 0. The van der Waals surface area contributed by atoms with Crippen LogP contribution in [0.2, 0.25) is 0 Å². The number of carbonyl (C=O) groups is 1. The molecule has 2 unspecified atom stereocenters. The highest BCUT2D eigenvalue weighted by Crippen LogP contribution is 2.13. The van der Waals surface area contributed by atoms with Crippen LogP contribution in [0.4, 0.5) is 0 Å². The number of hydrogen-bond donors (Lipinski definition) is 2. The smallest absolute Gasteiger partial charge is 0.223 e. The van der Waals surface area contributed by atoms with E-state index in [4.69, 9.17) is 5.11 Å². The van der Waals surface area contributed by atoms with Crippen molar-refractivity contribution in [1.29, 1.82) is 0 Å². The number of rotatable bonds is 1. The second-order valence-electron chi connectivity index (χ2n) is 2.87. The zero-order valence-electron chi connectivity index (χ0n) is 6.13. The van der Waals surface area contributed by atoms with E-state index in [2.05, 4.69) is 5.32 Å². The maximum atomic E-state index is 10.9. The summed E-state index contributed by atoms with van der Waals surface area (Å²) in [5, 5.41) is 11.4. The normalized spacial score (nSPS) is 33.6. The number of aliphatic hydroxyl groups excluding tert-OH is 1. The lowest BCUT2D eigenvalue weighted by molar-refractivity contribution is -0.127. The maximum Gasteiger partial charge on any atom is 0.223 e. The van der Waals surface area contributed by atoms with Gasteiger partial charge in [-0.2, -0.15) is 0 Å². The zero-order valence-corrected chi connectivity index (χ0v) is 6.13. The fraction of sp³-hybridized carbons (Fsp3) is 0.857. The fourth-order valence-electron chi connectivity index (χ4n) is 1.13. The number of amides is 1. The minimum atomic E-state index is 0.00343. The Bertz CT molecular complexity index is 136. The molecule has 1 heterocycles. The van der Waals surface area contributed by atoms with Crippen LogP contribution >= 0.6 is 0 Å². The van der Waals surface area contributed by atoms with E-state index in [1.165, 1.54) is 0 Å². The first-order chi connectivity index (χ1) is 4.74. The van der Waals surface area contributed by atoms with Crippen molar-refractivity contribution < 1.29 is 9.90 Å². The molecule has 3 nitrogen and oxygen atoms in total. The summed E-state index contributed by atoms with van der Waals surface area (Å²) in [5.74, 6) is 0.202. The summed E-state index contributed by atoms with van der Waals surface area (Å²) in [6.45, 7) is 1.97. The number of aliphatic hydroxyl groups is 1. The van der Waals surface area contributed by atoms with E-state index in [-0.39, 0.29) is 24.5 Å². The molecule has 2 atom stereocenters. The van der Waals surface area contributed by atoms with Crippen LogP contribution < -0.4 is 5.32 Å². The van der Waals surface area contributed by atoms with Crippen LogP contribution in [-0.2, 0) is 4.79 Å². The second-order valence-corrected chi connectivity index (χ2v) is 2.87. The van der Waals surface area contributed by atoms with Gasteiger partial charge in [-0.05, 0) is 12.8 Å². The predicted molar refractivity (Wildman–Crippen MR) is 37.4 cm³/mol. The van der Waals surface area contributed by atoms with E-state index < -0.39 is 0 Å². The van der Waals surface area contributed by atoms with Crippen LogP contribution in [0, 0.1) is 5.92 Å². The van der Waals surface area contributed by atoms with E-state index >= 15 is 0 Å². The molecule has 0 aromatic rings. The van der Waals surface area contributed by atoms with Gasteiger partial charge < -0.3 is 10.4 Å². The van der Waals surface area contributed by atoms with Gasteiger partial charge in [0.25, 0.3) is 0 Å². The molecule has 1 rings (SSSR count). The average Bonchev–Trinajstić information content (AvgIpc) is 1.95. The van der Waals surface area contributed by atoms with E-state index in [1.807, 2.05) is 6.92 Å². The monoisotopic (exact) mass is 143 g/mol. The Labute approximate surface area is 60.4 Å². The van der Waals surface area contributed by atoms with Crippen molar-refractivity contribution in [2.24, 2.45) is 5.92 Å². The summed E-state index contributed by atoms with van der Waals surface area (Å²) in [4.78, 5) is 10.9.